The predicted octanol–water partition coefficient (Wildman–Crippen LogP) is 4.08. The first-order valence-electron chi connectivity index (χ1n) is 9.38. The molecule has 0 saturated carbocycles. The molecular formula is C23H22F3N3. The van der Waals surface area contributed by atoms with Gasteiger partial charge in [-0.25, -0.2) is 0 Å². The molecule has 0 aromatic heterocycles. The van der Waals surface area contributed by atoms with Gasteiger partial charge in [-0.05, 0) is 28.8 Å². The molecule has 1 unspecified atom stereocenters. The summed E-state index contributed by atoms with van der Waals surface area (Å²) in [5, 5.41) is 0. The molecule has 29 heavy (non-hydrogen) atoms. The van der Waals surface area contributed by atoms with Gasteiger partial charge in [-0.2, -0.15) is 13.2 Å². The van der Waals surface area contributed by atoms with Crippen LogP contribution < -0.4 is 11.5 Å². The lowest BCUT2D eigenvalue weighted by molar-refractivity contribution is -0.137. The Hall–Kier alpha value is -2.83. The lowest BCUT2D eigenvalue weighted by atomic mass is 9.74. The van der Waals surface area contributed by atoms with Crippen LogP contribution in [0.1, 0.15) is 16.7 Å². The Balaban J connectivity index is 1.65. The highest BCUT2D eigenvalue weighted by Gasteiger charge is 2.38. The lowest BCUT2D eigenvalue weighted by Gasteiger charge is -2.40. The highest BCUT2D eigenvalue weighted by molar-refractivity contribution is 5.57. The van der Waals surface area contributed by atoms with Crippen LogP contribution in [0, 0.1) is 0 Å². The Morgan fingerprint density at radius 3 is 2.31 bits per heavy atom. The summed E-state index contributed by atoms with van der Waals surface area (Å²) in [5.41, 5.74) is 15.6. The molecule has 0 amide bonds. The third kappa shape index (κ3) is 3.73. The van der Waals surface area contributed by atoms with Crippen LogP contribution in [-0.2, 0) is 18.3 Å². The van der Waals surface area contributed by atoms with Crippen molar-refractivity contribution in [2.75, 3.05) is 13.1 Å². The molecule has 1 atom stereocenters. The molecule has 0 saturated heterocycles. The molecular weight excluding hydrogens is 375 g/mol. The summed E-state index contributed by atoms with van der Waals surface area (Å²) in [6, 6.07) is 15.1. The van der Waals surface area contributed by atoms with Gasteiger partial charge >= 0.3 is 6.18 Å². The first-order valence-corrected chi connectivity index (χ1v) is 9.38. The molecule has 1 aliphatic carbocycles. The van der Waals surface area contributed by atoms with Gasteiger partial charge in [0.05, 0.1) is 11.1 Å². The van der Waals surface area contributed by atoms with Crippen molar-refractivity contribution in [2.24, 2.45) is 11.5 Å². The van der Waals surface area contributed by atoms with Crippen molar-refractivity contribution < 1.29 is 13.2 Å². The highest BCUT2D eigenvalue weighted by Crippen LogP contribution is 2.40. The minimum Gasteiger partial charge on any atom is -0.401 e. The van der Waals surface area contributed by atoms with Crippen molar-refractivity contribution in [1.29, 1.82) is 0 Å². The summed E-state index contributed by atoms with van der Waals surface area (Å²) < 4.78 is 38.8. The minimum absolute atomic E-state index is 0.551. The van der Waals surface area contributed by atoms with E-state index in [-0.39, 0.29) is 0 Å². The van der Waals surface area contributed by atoms with E-state index in [4.69, 9.17) is 11.5 Å². The van der Waals surface area contributed by atoms with E-state index in [0.717, 1.165) is 29.8 Å². The molecule has 6 heteroatoms. The second-order valence-corrected chi connectivity index (χ2v) is 7.53. The Labute approximate surface area is 167 Å². The van der Waals surface area contributed by atoms with Crippen LogP contribution in [0.5, 0.6) is 0 Å². The van der Waals surface area contributed by atoms with Crippen LogP contribution in [0.25, 0.3) is 0 Å². The fourth-order valence-electron chi connectivity index (χ4n) is 4.10. The first kappa shape index (κ1) is 19.5. The maximum Gasteiger partial charge on any atom is 0.416 e. The van der Waals surface area contributed by atoms with E-state index < -0.39 is 17.3 Å². The van der Waals surface area contributed by atoms with Crippen molar-refractivity contribution in [3.8, 4) is 0 Å². The van der Waals surface area contributed by atoms with Gasteiger partial charge in [-0.1, -0.05) is 60.7 Å². The number of halogens is 3. The van der Waals surface area contributed by atoms with E-state index in [0.29, 0.717) is 24.4 Å². The SMILES string of the molecule is NC1=C2C(=CC=CC2(N)c2ccc(C(F)(F)F)cc2)CN(Cc2ccccc2)C1. The molecule has 150 valence electrons. The first-order chi connectivity index (χ1) is 13.8. The zero-order valence-corrected chi connectivity index (χ0v) is 15.8. The summed E-state index contributed by atoms with van der Waals surface area (Å²) in [7, 11) is 0. The van der Waals surface area contributed by atoms with Crippen molar-refractivity contribution >= 4 is 0 Å². The van der Waals surface area contributed by atoms with Crippen molar-refractivity contribution in [3.63, 3.8) is 0 Å². The molecule has 4 rings (SSSR count). The summed E-state index contributed by atoms with van der Waals surface area (Å²) >= 11 is 0. The van der Waals surface area contributed by atoms with E-state index in [2.05, 4.69) is 17.0 Å². The smallest absolute Gasteiger partial charge is 0.401 e. The number of hydrogen-bond donors (Lipinski definition) is 2. The molecule has 1 aliphatic heterocycles. The third-order valence-electron chi connectivity index (χ3n) is 5.44. The molecule has 4 N–H and O–H groups in total. The monoisotopic (exact) mass is 397 g/mol. The summed E-state index contributed by atoms with van der Waals surface area (Å²) in [6.45, 7) is 1.98. The van der Waals surface area contributed by atoms with Crippen molar-refractivity contribution in [3.05, 3.63) is 106 Å². The summed E-state index contributed by atoms with van der Waals surface area (Å²) in [4.78, 5) is 2.23. The summed E-state index contributed by atoms with van der Waals surface area (Å²) in [5.74, 6) is 0. The minimum atomic E-state index is -4.38. The topological polar surface area (TPSA) is 55.3 Å². The van der Waals surface area contributed by atoms with Crippen LogP contribution in [0.2, 0.25) is 0 Å². The van der Waals surface area contributed by atoms with Crippen LogP contribution in [0.4, 0.5) is 13.2 Å². The fourth-order valence-corrected chi connectivity index (χ4v) is 4.10. The molecule has 0 spiro atoms. The second-order valence-electron chi connectivity index (χ2n) is 7.53. The number of alkyl halides is 3. The number of fused-ring (bicyclic) bond motifs is 1. The Kier molecular flexibility index (Phi) is 4.84. The van der Waals surface area contributed by atoms with Gasteiger partial charge in [0, 0.05) is 30.9 Å². The van der Waals surface area contributed by atoms with Gasteiger partial charge < -0.3 is 11.5 Å². The standard InChI is InChI=1S/C23H22F3N3/c24-23(25,26)19-10-8-18(9-11-19)22(28)12-4-7-17-14-29(15-20(27)21(17)22)13-16-5-2-1-3-6-16/h1-12H,13-15,27-28H2. The predicted molar refractivity (Wildman–Crippen MR) is 107 cm³/mol. The molecule has 3 nitrogen and oxygen atoms in total. The average molecular weight is 397 g/mol. The van der Waals surface area contributed by atoms with Crippen LogP contribution in [0.3, 0.4) is 0 Å². The normalized spacial score (nSPS) is 22.4. The number of nitrogens with zero attached hydrogens (tertiary/aromatic N) is 1. The molecule has 0 fully saturated rings. The molecule has 0 radical (unpaired) electrons. The van der Waals surface area contributed by atoms with E-state index in [1.54, 1.807) is 6.08 Å². The van der Waals surface area contributed by atoms with Gasteiger partial charge in [0.25, 0.3) is 0 Å². The summed E-state index contributed by atoms with van der Waals surface area (Å²) in [6.07, 6.45) is 1.26. The number of allylic oxidation sites excluding steroid dienone is 2. The number of benzene rings is 2. The molecule has 2 aromatic carbocycles. The largest absolute Gasteiger partial charge is 0.416 e. The zero-order chi connectivity index (χ0) is 20.6. The van der Waals surface area contributed by atoms with Crippen LogP contribution >= 0.6 is 0 Å². The number of hydrogen-bond acceptors (Lipinski definition) is 3. The second kappa shape index (κ2) is 7.21. The maximum absolute atomic E-state index is 12.9. The zero-order valence-electron chi connectivity index (χ0n) is 15.8. The highest BCUT2D eigenvalue weighted by atomic mass is 19.4. The van der Waals surface area contributed by atoms with E-state index in [1.807, 2.05) is 30.4 Å². The average Bonchev–Trinajstić information content (AvgIpc) is 2.68. The van der Waals surface area contributed by atoms with Gasteiger partial charge in [-0.15, -0.1) is 0 Å². The Bertz CT molecular complexity index is 988. The lowest BCUT2D eigenvalue weighted by Crippen LogP contribution is -2.46. The quantitative estimate of drug-likeness (QED) is 0.821. The molecule has 0 bridgehead atoms. The molecule has 2 aliphatic rings. The molecule has 1 heterocycles. The van der Waals surface area contributed by atoms with E-state index in [9.17, 15) is 13.2 Å². The third-order valence-corrected chi connectivity index (χ3v) is 5.44. The van der Waals surface area contributed by atoms with Gasteiger partial charge in [0.1, 0.15) is 0 Å². The van der Waals surface area contributed by atoms with Crippen LogP contribution in [0.15, 0.2) is 89.7 Å². The van der Waals surface area contributed by atoms with Crippen molar-refractivity contribution in [2.45, 2.75) is 18.3 Å². The maximum atomic E-state index is 12.9. The van der Waals surface area contributed by atoms with E-state index >= 15 is 0 Å². The van der Waals surface area contributed by atoms with Crippen LogP contribution in [-0.4, -0.2) is 18.0 Å². The molecule has 2 aromatic rings. The fraction of sp³-hybridized carbons (Fsp3) is 0.217. The Morgan fingerprint density at radius 2 is 1.66 bits per heavy atom. The van der Waals surface area contributed by atoms with Crippen molar-refractivity contribution in [1.82, 2.24) is 4.90 Å². The van der Waals surface area contributed by atoms with E-state index in [1.165, 1.54) is 17.7 Å². The van der Waals surface area contributed by atoms with Gasteiger partial charge in [0.2, 0.25) is 0 Å². The van der Waals surface area contributed by atoms with Gasteiger partial charge in [0.15, 0.2) is 0 Å². The number of rotatable bonds is 3. The Morgan fingerprint density at radius 1 is 0.966 bits per heavy atom. The number of nitrogens with two attached hydrogens (primary N) is 2. The van der Waals surface area contributed by atoms with Gasteiger partial charge in [-0.3, -0.25) is 4.90 Å².